The van der Waals surface area contributed by atoms with E-state index in [0.717, 1.165) is 0 Å². The zero-order chi connectivity index (χ0) is 8.36. The molecule has 10 heavy (non-hydrogen) atoms. The van der Waals surface area contributed by atoms with Crippen molar-refractivity contribution in [2.24, 2.45) is 0 Å². The van der Waals surface area contributed by atoms with E-state index in [1.807, 2.05) is 20.8 Å². The quantitative estimate of drug-likeness (QED) is 0.401. The van der Waals surface area contributed by atoms with Crippen molar-refractivity contribution in [1.29, 1.82) is 0 Å². The monoisotopic (exact) mass is 183 g/mol. The Labute approximate surface area is 70.6 Å². The number of halogens is 1. The molecule has 0 saturated heterocycles. The Hall–Kier alpha value is 0.560. The van der Waals surface area contributed by atoms with Gasteiger partial charge in [-0.3, -0.25) is 0 Å². The highest BCUT2D eigenvalue weighted by atomic mass is 35.5. The summed E-state index contributed by atoms with van der Waals surface area (Å²) in [6, 6.07) is 0. The predicted octanol–water partition coefficient (Wildman–Crippen LogP) is 1.62. The molecule has 2 nitrogen and oxygen atoms in total. The van der Waals surface area contributed by atoms with Crippen molar-refractivity contribution in [3.63, 3.8) is 0 Å². The van der Waals surface area contributed by atoms with Crippen molar-refractivity contribution in [2.45, 2.75) is 37.9 Å². The minimum absolute atomic E-state index is 0.233. The number of hydrogen-bond acceptors (Lipinski definition) is 2. The van der Waals surface area contributed by atoms with Gasteiger partial charge in [-0.2, -0.15) is 0 Å². The van der Waals surface area contributed by atoms with E-state index in [-0.39, 0.29) is 10.2 Å². The van der Waals surface area contributed by atoms with Gasteiger partial charge in [0.2, 0.25) is 0 Å². The topological polar surface area (TPSA) is 35.1 Å². The Kier molecular flexibility index (Phi) is 4.02. The Balaban J connectivity index is 3.73. The number of rotatable bonds is 2. The van der Waals surface area contributed by atoms with Crippen molar-refractivity contribution < 1.29 is 4.55 Å². The second-order valence-electron chi connectivity index (χ2n) is 3.11. The third kappa shape index (κ3) is 4.39. The zero-order valence-corrected chi connectivity index (χ0v) is 8.34. The SMILES string of the molecule is CC(Cl)N[S@+]([O-])C(C)(C)C. The highest BCUT2D eigenvalue weighted by molar-refractivity contribution is 7.90. The highest BCUT2D eigenvalue weighted by Gasteiger charge is 2.27. The summed E-state index contributed by atoms with van der Waals surface area (Å²) in [5, 5.41) is 0. The first kappa shape index (κ1) is 10.6. The molecule has 4 heteroatoms. The van der Waals surface area contributed by atoms with Crippen molar-refractivity contribution in [3.8, 4) is 0 Å². The fourth-order valence-corrected chi connectivity index (χ4v) is 1.22. The van der Waals surface area contributed by atoms with Crippen molar-refractivity contribution in [3.05, 3.63) is 0 Å². The zero-order valence-electron chi connectivity index (χ0n) is 6.77. The molecule has 0 heterocycles. The maximum atomic E-state index is 11.2. The molecular formula is C6H14ClNOS. The summed E-state index contributed by atoms with van der Waals surface area (Å²) in [6.45, 7) is 7.45. The molecule has 0 aliphatic carbocycles. The van der Waals surface area contributed by atoms with E-state index in [4.69, 9.17) is 11.6 Å². The summed E-state index contributed by atoms with van der Waals surface area (Å²) in [5.74, 6) is 0. The third-order valence-electron chi connectivity index (χ3n) is 0.826. The third-order valence-corrected chi connectivity index (χ3v) is 2.74. The average Bonchev–Trinajstić information content (AvgIpc) is 1.60. The Bertz CT molecular complexity index is 102. The fourth-order valence-electron chi connectivity index (χ4n) is 0.324. The summed E-state index contributed by atoms with van der Waals surface area (Å²) in [7, 11) is 0. The molecule has 1 unspecified atom stereocenters. The molecule has 0 aromatic carbocycles. The molecule has 2 atom stereocenters. The van der Waals surface area contributed by atoms with Gasteiger partial charge in [-0.1, -0.05) is 0 Å². The summed E-state index contributed by atoms with van der Waals surface area (Å²) < 4.78 is 13.7. The van der Waals surface area contributed by atoms with Gasteiger partial charge in [-0.25, -0.2) is 0 Å². The molecule has 0 radical (unpaired) electrons. The first-order chi connectivity index (χ1) is 4.34. The van der Waals surface area contributed by atoms with Gasteiger partial charge in [0.25, 0.3) is 0 Å². The van der Waals surface area contributed by atoms with Gasteiger partial charge in [-0.05, 0) is 27.7 Å². The van der Waals surface area contributed by atoms with Crippen molar-refractivity contribution >= 4 is 23.0 Å². The second kappa shape index (κ2) is 3.81. The molecule has 0 fully saturated rings. The molecule has 1 N–H and O–H groups in total. The van der Waals surface area contributed by atoms with Crippen LogP contribution in [0.15, 0.2) is 0 Å². The van der Waals surface area contributed by atoms with Crippen LogP contribution in [0.1, 0.15) is 27.7 Å². The van der Waals surface area contributed by atoms with Crippen LogP contribution >= 0.6 is 11.6 Å². The first-order valence-corrected chi connectivity index (χ1v) is 4.75. The second-order valence-corrected chi connectivity index (χ2v) is 5.77. The molecule has 0 amide bonds. The van der Waals surface area contributed by atoms with Crippen LogP contribution in [-0.2, 0) is 11.4 Å². The van der Waals surface area contributed by atoms with Gasteiger partial charge in [-0.15, -0.1) is 16.3 Å². The minimum atomic E-state index is -1.05. The minimum Gasteiger partial charge on any atom is -0.598 e. The lowest BCUT2D eigenvalue weighted by Gasteiger charge is -2.24. The molecule has 0 aliphatic heterocycles. The van der Waals surface area contributed by atoms with Gasteiger partial charge in [0, 0.05) is 11.4 Å². The lowest BCUT2D eigenvalue weighted by molar-refractivity contribution is 0.543. The van der Waals surface area contributed by atoms with Gasteiger partial charge in [0.05, 0.1) is 0 Å². The standard InChI is InChI=1S/C6H14ClNOS/c1-5(7)8-10(9)6(2,3)4/h5,8H,1-4H3/t5?,10-/m1/s1. The van der Waals surface area contributed by atoms with Gasteiger partial charge in [0.1, 0.15) is 10.2 Å². The number of alkyl halides is 1. The first-order valence-electron chi connectivity index (χ1n) is 3.16. The van der Waals surface area contributed by atoms with Crippen LogP contribution in [0.4, 0.5) is 0 Å². The smallest absolute Gasteiger partial charge is 0.137 e. The molecule has 0 aromatic rings. The summed E-state index contributed by atoms with van der Waals surface area (Å²) in [5.41, 5.74) is -0.236. The Morgan fingerprint density at radius 3 is 2.00 bits per heavy atom. The van der Waals surface area contributed by atoms with Crippen molar-refractivity contribution in [2.75, 3.05) is 0 Å². The lowest BCUT2D eigenvalue weighted by atomic mass is 10.3. The Morgan fingerprint density at radius 2 is 1.90 bits per heavy atom. The number of nitrogens with one attached hydrogen (secondary N) is 1. The van der Waals surface area contributed by atoms with E-state index in [2.05, 4.69) is 4.72 Å². The van der Waals surface area contributed by atoms with Gasteiger partial charge >= 0.3 is 0 Å². The van der Waals surface area contributed by atoms with Crippen LogP contribution in [0.2, 0.25) is 0 Å². The molecule has 0 aliphatic rings. The van der Waals surface area contributed by atoms with E-state index >= 15 is 0 Å². The summed E-state index contributed by atoms with van der Waals surface area (Å²) in [6.07, 6.45) is 0. The molecule has 0 bridgehead atoms. The lowest BCUT2D eigenvalue weighted by Crippen LogP contribution is -2.41. The normalized spacial score (nSPS) is 18.6. The van der Waals surface area contributed by atoms with E-state index in [0.29, 0.717) is 0 Å². The maximum absolute atomic E-state index is 11.2. The Morgan fingerprint density at radius 1 is 1.50 bits per heavy atom. The molecular weight excluding hydrogens is 170 g/mol. The molecule has 62 valence electrons. The molecule has 0 rings (SSSR count). The van der Waals surface area contributed by atoms with E-state index < -0.39 is 11.4 Å². The van der Waals surface area contributed by atoms with Crippen LogP contribution in [-0.4, -0.2) is 14.8 Å². The fraction of sp³-hybridized carbons (Fsp3) is 1.00. The predicted molar refractivity (Wildman–Crippen MR) is 46.3 cm³/mol. The molecule has 0 saturated carbocycles. The summed E-state index contributed by atoms with van der Waals surface area (Å²) in [4.78, 5) is 0. The molecule has 0 aromatic heterocycles. The maximum Gasteiger partial charge on any atom is 0.137 e. The summed E-state index contributed by atoms with van der Waals surface area (Å²) >= 11 is 4.53. The van der Waals surface area contributed by atoms with E-state index in [1.54, 1.807) is 6.92 Å². The highest BCUT2D eigenvalue weighted by Crippen LogP contribution is 2.13. The van der Waals surface area contributed by atoms with Crippen LogP contribution in [0.3, 0.4) is 0 Å². The van der Waals surface area contributed by atoms with Crippen LogP contribution < -0.4 is 4.72 Å². The largest absolute Gasteiger partial charge is 0.598 e. The average molecular weight is 184 g/mol. The number of hydrogen-bond donors (Lipinski definition) is 1. The van der Waals surface area contributed by atoms with Crippen LogP contribution in [0, 0.1) is 0 Å². The van der Waals surface area contributed by atoms with Gasteiger partial charge in [0.15, 0.2) is 0 Å². The van der Waals surface area contributed by atoms with Crippen LogP contribution in [0.5, 0.6) is 0 Å². The van der Waals surface area contributed by atoms with Gasteiger partial charge < -0.3 is 4.55 Å². The van der Waals surface area contributed by atoms with E-state index in [9.17, 15) is 4.55 Å². The van der Waals surface area contributed by atoms with Crippen molar-refractivity contribution in [1.82, 2.24) is 4.72 Å². The van der Waals surface area contributed by atoms with E-state index in [1.165, 1.54) is 0 Å². The van der Waals surface area contributed by atoms with Crippen LogP contribution in [0.25, 0.3) is 0 Å². The molecule has 0 spiro atoms.